The van der Waals surface area contributed by atoms with E-state index in [1.807, 2.05) is 11.0 Å². The van der Waals surface area contributed by atoms with Gasteiger partial charge in [-0.1, -0.05) is 30.3 Å². The van der Waals surface area contributed by atoms with Crippen molar-refractivity contribution in [1.82, 2.24) is 9.80 Å². The lowest BCUT2D eigenvalue weighted by atomic mass is 10.0. The fourth-order valence-electron chi connectivity index (χ4n) is 3.16. The third kappa shape index (κ3) is 3.83. The zero-order chi connectivity index (χ0) is 14.5. The number of rotatable bonds is 3. The highest BCUT2D eigenvalue weighted by Crippen LogP contribution is 2.18. The zero-order valence-electron chi connectivity index (χ0n) is 12.5. The van der Waals surface area contributed by atoms with E-state index in [0.29, 0.717) is 12.5 Å². The van der Waals surface area contributed by atoms with Crippen LogP contribution in [-0.4, -0.2) is 55.1 Å². The number of nitrogens with zero attached hydrogens (tertiary/aromatic N) is 2. The van der Waals surface area contributed by atoms with Gasteiger partial charge in [-0.25, -0.2) is 0 Å². The number of carbonyl (C=O) groups is 1. The van der Waals surface area contributed by atoms with Crippen molar-refractivity contribution in [3.63, 3.8) is 0 Å². The summed E-state index contributed by atoms with van der Waals surface area (Å²) in [5.74, 6) is 0.397. The number of ether oxygens (including phenoxy) is 1. The molecule has 1 aromatic carbocycles. The van der Waals surface area contributed by atoms with Gasteiger partial charge in [0.15, 0.2) is 0 Å². The first-order valence-corrected chi connectivity index (χ1v) is 7.96. The van der Waals surface area contributed by atoms with Crippen LogP contribution in [0.5, 0.6) is 0 Å². The first-order valence-electron chi connectivity index (χ1n) is 7.96. The second-order valence-corrected chi connectivity index (χ2v) is 6.00. The lowest BCUT2D eigenvalue weighted by Gasteiger charge is -2.37. The van der Waals surface area contributed by atoms with Gasteiger partial charge in [0.05, 0.1) is 12.5 Å². The summed E-state index contributed by atoms with van der Waals surface area (Å²) in [7, 11) is 0. The Morgan fingerprint density at radius 3 is 2.57 bits per heavy atom. The Morgan fingerprint density at radius 1 is 1.14 bits per heavy atom. The number of benzene rings is 1. The molecule has 21 heavy (non-hydrogen) atoms. The molecule has 0 N–H and O–H groups in total. The molecule has 114 valence electrons. The number of amides is 1. The van der Waals surface area contributed by atoms with Crippen LogP contribution in [0.4, 0.5) is 0 Å². The van der Waals surface area contributed by atoms with E-state index in [1.54, 1.807) is 0 Å². The van der Waals surface area contributed by atoms with E-state index < -0.39 is 0 Å². The minimum atomic E-state index is 0.0967. The molecule has 1 amide bonds. The van der Waals surface area contributed by atoms with E-state index in [0.717, 1.165) is 52.2 Å². The lowest BCUT2D eigenvalue weighted by molar-refractivity contribution is -0.141. The van der Waals surface area contributed by atoms with E-state index in [1.165, 1.54) is 5.56 Å². The molecule has 2 aliphatic rings. The largest absolute Gasteiger partial charge is 0.381 e. The highest BCUT2D eigenvalue weighted by atomic mass is 16.5. The van der Waals surface area contributed by atoms with Gasteiger partial charge in [-0.2, -0.15) is 0 Å². The summed E-state index contributed by atoms with van der Waals surface area (Å²) in [5, 5.41) is 0. The van der Waals surface area contributed by atoms with Crippen LogP contribution in [0.2, 0.25) is 0 Å². The minimum absolute atomic E-state index is 0.0967. The number of carbonyl (C=O) groups excluding carboxylic acids is 1. The molecule has 0 radical (unpaired) electrons. The van der Waals surface area contributed by atoms with Crippen molar-refractivity contribution in [1.29, 1.82) is 0 Å². The van der Waals surface area contributed by atoms with Crippen molar-refractivity contribution >= 4 is 5.91 Å². The Hall–Kier alpha value is -1.39. The van der Waals surface area contributed by atoms with Crippen molar-refractivity contribution in [3.05, 3.63) is 35.9 Å². The fourth-order valence-corrected chi connectivity index (χ4v) is 3.16. The van der Waals surface area contributed by atoms with Gasteiger partial charge in [0.25, 0.3) is 0 Å². The SMILES string of the molecule is O=C(C1CCCOC1)N1CCN(Cc2ccccc2)CC1. The Morgan fingerprint density at radius 2 is 1.90 bits per heavy atom. The van der Waals surface area contributed by atoms with Gasteiger partial charge in [0, 0.05) is 39.3 Å². The van der Waals surface area contributed by atoms with Crippen LogP contribution in [0.15, 0.2) is 30.3 Å². The molecular weight excluding hydrogens is 264 g/mol. The summed E-state index contributed by atoms with van der Waals surface area (Å²) in [4.78, 5) is 16.9. The molecular formula is C17H24N2O2. The lowest BCUT2D eigenvalue weighted by Crippen LogP contribution is -2.50. The second kappa shape index (κ2) is 7.05. The maximum Gasteiger partial charge on any atom is 0.228 e. The molecule has 2 aliphatic heterocycles. The summed E-state index contributed by atoms with van der Waals surface area (Å²) in [5.41, 5.74) is 1.35. The van der Waals surface area contributed by atoms with Crippen LogP contribution in [0.1, 0.15) is 18.4 Å². The van der Waals surface area contributed by atoms with Crippen molar-refractivity contribution in [2.45, 2.75) is 19.4 Å². The summed E-state index contributed by atoms with van der Waals surface area (Å²) in [6.07, 6.45) is 2.01. The van der Waals surface area contributed by atoms with Crippen molar-refractivity contribution in [2.75, 3.05) is 39.4 Å². The van der Waals surface area contributed by atoms with E-state index in [4.69, 9.17) is 4.74 Å². The molecule has 4 heteroatoms. The van der Waals surface area contributed by atoms with Crippen LogP contribution in [-0.2, 0) is 16.1 Å². The first-order chi connectivity index (χ1) is 10.3. The summed E-state index contributed by atoms with van der Waals surface area (Å²) in [6, 6.07) is 10.5. The van der Waals surface area contributed by atoms with Gasteiger partial charge in [-0.3, -0.25) is 9.69 Å². The molecule has 2 fully saturated rings. The standard InChI is InChI=1S/C17H24N2O2/c20-17(16-7-4-12-21-14-16)19-10-8-18(9-11-19)13-15-5-2-1-3-6-15/h1-3,5-6,16H,4,7-14H2. The van der Waals surface area contributed by atoms with Gasteiger partial charge in [0.2, 0.25) is 5.91 Å². The topological polar surface area (TPSA) is 32.8 Å². The van der Waals surface area contributed by atoms with Gasteiger partial charge < -0.3 is 9.64 Å². The minimum Gasteiger partial charge on any atom is -0.381 e. The average molecular weight is 288 g/mol. The predicted molar refractivity (Wildman–Crippen MR) is 81.8 cm³/mol. The van der Waals surface area contributed by atoms with Crippen LogP contribution in [0, 0.1) is 5.92 Å². The molecule has 2 saturated heterocycles. The highest BCUT2D eigenvalue weighted by molar-refractivity contribution is 5.79. The molecule has 1 atom stereocenters. The van der Waals surface area contributed by atoms with Crippen molar-refractivity contribution < 1.29 is 9.53 Å². The van der Waals surface area contributed by atoms with Gasteiger partial charge >= 0.3 is 0 Å². The van der Waals surface area contributed by atoms with Crippen molar-refractivity contribution in [2.24, 2.45) is 5.92 Å². The third-order valence-electron chi connectivity index (χ3n) is 4.44. The van der Waals surface area contributed by atoms with Gasteiger partial charge in [-0.05, 0) is 18.4 Å². The third-order valence-corrected chi connectivity index (χ3v) is 4.44. The summed E-state index contributed by atoms with van der Waals surface area (Å²) >= 11 is 0. The molecule has 1 unspecified atom stereocenters. The molecule has 0 saturated carbocycles. The molecule has 0 spiro atoms. The van der Waals surface area contributed by atoms with E-state index >= 15 is 0 Å². The highest BCUT2D eigenvalue weighted by Gasteiger charge is 2.28. The van der Waals surface area contributed by atoms with E-state index in [-0.39, 0.29) is 5.92 Å². The predicted octanol–water partition coefficient (Wildman–Crippen LogP) is 1.76. The number of hydrogen-bond donors (Lipinski definition) is 0. The smallest absolute Gasteiger partial charge is 0.228 e. The van der Waals surface area contributed by atoms with Crippen LogP contribution in [0.3, 0.4) is 0 Å². The molecule has 2 heterocycles. The average Bonchev–Trinajstić information content (AvgIpc) is 2.57. The number of piperazine rings is 1. The molecule has 4 nitrogen and oxygen atoms in total. The fraction of sp³-hybridized carbons (Fsp3) is 0.588. The normalized spacial score (nSPS) is 24.0. The summed E-state index contributed by atoms with van der Waals surface area (Å²) < 4.78 is 5.44. The quantitative estimate of drug-likeness (QED) is 0.849. The molecule has 0 aromatic heterocycles. The van der Waals surface area contributed by atoms with Crippen molar-refractivity contribution in [3.8, 4) is 0 Å². The molecule has 3 rings (SSSR count). The monoisotopic (exact) mass is 288 g/mol. The van der Waals surface area contributed by atoms with Crippen LogP contribution >= 0.6 is 0 Å². The maximum absolute atomic E-state index is 12.4. The van der Waals surface area contributed by atoms with Crippen LogP contribution in [0.25, 0.3) is 0 Å². The van der Waals surface area contributed by atoms with E-state index in [9.17, 15) is 4.79 Å². The number of hydrogen-bond acceptors (Lipinski definition) is 3. The Balaban J connectivity index is 1.47. The van der Waals surface area contributed by atoms with Crippen LogP contribution < -0.4 is 0 Å². The molecule has 0 bridgehead atoms. The first kappa shape index (κ1) is 14.5. The Bertz CT molecular complexity index is 449. The Labute approximate surface area is 126 Å². The van der Waals surface area contributed by atoms with Gasteiger partial charge in [0.1, 0.15) is 0 Å². The van der Waals surface area contributed by atoms with Gasteiger partial charge in [-0.15, -0.1) is 0 Å². The maximum atomic E-state index is 12.4. The summed E-state index contributed by atoms with van der Waals surface area (Å²) in [6.45, 7) is 6.04. The molecule has 0 aliphatic carbocycles. The Kier molecular flexibility index (Phi) is 4.88. The zero-order valence-corrected chi connectivity index (χ0v) is 12.5. The van der Waals surface area contributed by atoms with E-state index in [2.05, 4.69) is 29.2 Å². The molecule has 1 aromatic rings. The second-order valence-electron chi connectivity index (χ2n) is 6.00.